The van der Waals surface area contributed by atoms with Crippen molar-refractivity contribution >= 4 is 11.7 Å². The Hall–Kier alpha value is -1.91. The van der Waals surface area contributed by atoms with E-state index < -0.39 is 0 Å². The molecule has 16 heavy (non-hydrogen) atoms. The maximum atomic E-state index is 12.7. The summed E-state index contributed by atoms with van der Waals surface area (Å²) in [5, 5.41) is 7.20. The van der Waals surface area contributed by atoms with E-state index in [0.29, 0.717) is 5.96 Å². The topological polar surface area (TPSA) is 48.8 Å². The molecule has 0 aromatic heterocycles. The number of hydrogen-bond donors (Lipinski definition) is 2. The van der Waals surface area contributed by atoms with Crippen LogP contribution >= 0.6 is 0 Å². The Morgan fingerprint density at radius 3 is 2.81 bits per heavy atom. The lowest BCUT2D eigenvalue weighted by Gasteiger charge is -2.03. The van der Waals surface area contributed by atoms with E-state index in [2.05, 4.69) is 20.8 Å². The minimum atomic E-state index is -0.244. The van der Waals surface area contributed by atoms with Crippen LogP contribution in [0.2, 0.25) is 0 Å². The fourth-order valence-corrected chi connectivity index (χ4v) is 1.37. The van der Waals surface area contributed by atoms with Crippen molar-refractivity contribution in [2.24, 2.45) is 10.1 Å². The lowest BCUT2D eigenvalue weighted by atomic mass is 10.1. The summed E-state index contributed by atoms with van der Waals surface area (Å²) < 4.78 is 12.7. The smallest absolute Gasteiger partial charge is 0.212 e. The number of rotatable bonds is 2. The fraction of sp³-hybridized carbons (Fsp3) is 0.273. The monoisotopic (exact) mass is 220 g/mol. The van der Waals surface area contributed by atoms with Gasteiger partial charge in [-0.2, -0.15) is 5.10 Å². The summed E-state index contributed by atoms with van der Waals surface area (Å²) in [6, 6.07) is 6.22. The first-order chi connectivity index (χ1) is 7.75. The normalized spacial score (nSPS) is 15.6. The molecular weight excluding hydrogens is 207 g/mol. The Morgan fingerprint density at radius 1 is 1.44 bits per heavy atom. The maximum absolute atomic E-state index is 12.7. The van der Waals surface area contributed by atoms with Crippen molar-refractivity contribution in [2.45, 2.75) is 6.92 Å². The van der Waals surface area contributed by atoms with Gasteiger partial charge in [0, 0.05) is 6.54 Å². The van der Waals surface area contributed by atoms with Gasteiger partial charge in [-0.15, -0.1) is 0 Å². The van der Waals surface area contributed by atoms with Crippen molar-refractivity contribution in [3.63, 3.8) is 0 Å². The van der Waals surface area contributed by atoms with Crippen LogP contribution in [0, 0.1) is 5.82 Å². The summed E-state index contributed by atoms with van der Waals surface area (Å²) in [7, 11) is 0. The molecule has 1 aliphatic heterocycles. The second-order valence-corrected chi connectivity index (χ2v) is 3.47. The molecule has 1 aromatic rings. The van der Waals surface area contributed by atoms with Crippen molar-refractivity contribution in [1.82, 2.24) is 10.7 Å². The van der Waals surface area contributed by atoms with E-state index >= 15 is 0 Å². The Labute approximate surface area is 93.3 Å². The van der Waals surface area contributed by atoms with Crippen molar-refractivity contribution in [2.75, 3.05) is 13.1 Å². The van der Waals surface area contributed by atoms with Crippen molar-refractivity contribution in [3.05, 3.63) is 35.6 Å². The molecule has 4 nitrogen and oxygen atoms in total. The van der Waals surface area contributed by atoms with E-state index in [1.807, 2.05) is 6.92 Å². The molecule has 0 radical (unpaired) electrons. The Morgan fingerprint density at radius 2 is 2.19 bits per heavy atom. The number of guanidine groups is 1. The zero-order valence-electron chi connectivity index (χ0n) is 9.00. The highest BCUT2D eigenvalue weighted by Gasteiger charge is 2.03. The van der Waals surface area contributed by atoms with Crippen molar-refractivity contribution < 1.29 is 4.39 Å². The highest BCUT2D eigenvalue weighted by molar-refractivity contribution is 5.99. The van der Waals surface area contributed by atoms with Crippen LogP contribution in [0.25, 0.3) is 0 Å². The van der Waals surface area contributed by atoms with Crippen molar-refractivity contribution in [3.8, 4) is 0 Å². The predicted molar refractivity (Wildman–Crippen MR) is 62.1 cm³/mol. The SMILES string of the molecule is C/C(=N/NC1=NCCN1)c1ccc(F)cc1. The van der Waals surface area contributed by atoms with Crippen LogP contribution in [0.4, 0.5) is 4.39 Å². The van der Waals surface area contributed by atoms with Crippen molar-refractivity contribution in [1.29, 1.82) is 0 Å². The van der Waals surface area contributed by atoms with Gasteiger partial charge in [-0.1, -0.05) is 12.1 Å². The molecule has 2 N–H and O–H groups in total. The predicted octanol–water partition coefficient (Wildman–Crippen LogP) is 1.10. The van der Waals surface area contributed by atoms with Crippen LogP contribution in [-0.4, -0.2) is 24.8 Å². The van der Waals surface area contributed by atoms with Gasteiger partial charge in [-0.05, 0) is 24.6 Å². The van der Waals surface area contributed by atoms with Gasteiger partial charge in [0.25, 0.3) is 0 Å². The summed E-state index contributed by atoms with van der Waals surface area (Å²) in [4.78, 5) is 4.14. The van der Waals surface area contributed by atoms with Crippen LogP contribution in [0.1, 0.15) is 12.5 Å². The molecule has 1 heterocycles. The molecule has 1 aromatic carbocycles. The molecule has 0 saturated carbocycles. The first-order valence-corrected chi connectivity index (χ1v) is 5.10. The minimum absolute atomic E-state index is 0.244. The molecule has 0 atom stereocenters. The van der Waals surface area contributed by atoms with E-state index in [0.717, 1.165) is 24.4 Å². The summed E-state index contributed by atoms with van der Waals surface area (Å²) in [5.41, 5.74) is 4.50. The summed E-state index contributed by atoms with van der Waals surface area (Å²) in [6.45, 7) is 3.47. The molecule has 0 aliphatic carbocycles. The highest BCUT2D eigenvalue weighted by atomic mass is 19.1. The van der Waals surface area contributed by atoms with Gasteiger partial charge in [0.15, 0.2) is 0 Å². The summed E-state index contributed by atoms with van der Waals surface area (Å²) in [5.74, 6) is 0.438. The molecule has 0 saturated heterocycles. The van der Waals surface area contributed by atoms with Crippen LogP contribution < -0.4 is 10.7 Å². The average molecular weight is 220 g/mol. The molecule has 0 unspecified atom stereocenters. The molecule has 84 valence electrons. The zero-order chi connectivity index (χ0) is 11.4. The fourth-order valence-electron chi connectivity index (χ4n) is 1.37. The molecule has 2 rings (SSSR count). The van der Waals surface area contributed by atoms with Gasteiger partial charge >= 0.3 is 0 Å². The van der Waals surface area contributed by atoms with Gasteiger partial charge < -0.3 is 5.32 Å². The Bertz CT molecular complexity index is 422. The molecule has 0 bridgehead atoms. The molecule has 0 fully saturated rings. The number of halogens is 1. The van der Waals surface area contributed by atoms with E-state index in [1.165, 1.54) is 12.1 Å². The van der Waals surface area contributed by atoms with Gasteiger partial charge in [0.2, 0.25) is 5.96 Å². The van der Waals surface area contributed by atoms with Crippen LogP contribution in [-0.2, 0) is 0 Å². The Kier molecular flexibility index (Phi) is 3.14. The van der Waals surface area contributed by atoms with Crippen LogP contribution in [0.3, 0.4) is 0 Å². The van der Waals surface area contributed by atoms with Gasteiger partial charge in [0.1, 0.15) is 5.82 Å². The minimum Gasteiger partial charge on any atom is -0.353 e. The molecule has 1 aliphatic rings. The van der Waals surface area contributed by atoms with Crippen LogP contribution in [0.5, 0.6) is 0 Å². The maximum Gasteiger partial charge on any atom is 0.212 e. The average Bonchev–Trinajstić information content (AvgIpc) is 2.80. The second kappa shape index (κ2) is 4.74. The molecular formula is C11H13FN4. The first kappa shape index (κ1) is 10.6. The zero-order valence-corrected chi connectivity index (χ0v) is 9.00. The molecule has 0 amide bonds. The second-order valence-electron chi connectivity index (χ2n) is 3.47. The van der Waals surface area contributed by atoms with E-state index in [9.17, 15) is 4.39 Å². The third-order valence-electron chi connectivity index (χ3n) is 2.27. The quantitative estimate of drug-likeness (QED) is 0.579. The van der Waals surface area contributed by atoms with E-state index in [4.69, 9.17) is 0 Å². The number of benzene rings is 1. The number of nitrogens with one attached hydrogen (secondary N) is 2. The number of hydrogen-bond acceptors (Lipinski definition) is 4. The van der Waals surface area contributed by atoms with E-state index in [1.54, 1.807) is 12.1 Å². The van der Waals surface area contributed by atoms with Gasteiger partial charge in [-0.25, -0.2) is 14.8 Å². The highest BCUT2D eigenvalue weighted by Crippen LogP contribution is 2.03. The Balaban J connectivity index is 2.03. The summed E-state index contributed by atoms with van der Waals surface area (Å²) in [6.07, 6.45) is 0. The summed E-state index contributed by atoms with van der Waals surface area (Å²) >= 11 is 0. The lowest BCUT2D eigenvalue weighted by molar-refractivity contribution is 0.628. The van der Waals surface area contributed by atoms with E-state index in [-0.39, 0.29) is 5.82 Å². The lowest BCUT2D eigenvalue weighted by Crippen LogP contribution is -2.30. The number of hydrazone groups is 1. The standard InChI is InChI=1S/C11H13FN4/c1-8(9-2-4-10(12)5-3-9)15-16-11-13-6-7-14-11/h2-5H,6-7H2,1H3,(H2,13,14,16)/b15-8-. The number of aliphatic imine (C=N–C) groups is 1. The largest absolute Gasteiger partial charge is 0.353 e. The third kappa shape index (κ3) is 2.56. The molecule has 0 spiro atoms. The van der Waals surface area contributed by atoms with Gasteiger partial charge in [-0.3, -0.25) is 0 Å². The first-order valence-electron chi connectivity index (χ1n) is 5.10. The third-order valence-corrected chi connectivity index (χ3v) is 2.27. The van der Waals surface area contributed by atoms with Gasteiger partial charge in [0.05, 0.1) is 12.3 Å². The number of nitrogens with zero attached hydrogens (tertiary/aromatic N) is 2. The molecule has 5 heteroatoms. The van der Waals surface area contributed by atoms with Crippen LogP contribution in [0.15, 0.2) is 34.4 Å².